The minimum atomic E-state index is 0.362. The number of hydrogen-bond acceptors (Lipinski definition) is 3. The molecule has 0 bridgehead atoms. The molecule has 0 spiro atoms. The van der Waals surface area contributed by atoms with E-state index in [-0.39, 0.29) is 0 Å². The van der Waals surface area contributed by atoms with E-state index < -0.39 is 0 Å². The first-order valence-electron chi connectivity index (χ1n) is 6.81. The standard InChI is InChI=1S/C13H24N2OS/c1-3-12-6-10(2)8-15(12)13(16)7-11-9-17-5-4-14-11/h10-12,14H,3-9H2,1-2H3. The molecule has 1 N–H and O–H groups in total. The number of nitrogens with one attached hydrogen (secondary N) is 1. The molecule has 3 atom stereocenters. The lowest BCUT2D eigenvalue weighted by Gasteiger charge is -2.28. The van der Waals surface area contributed by atoms with E-state index in [4.69, 9.17) is 0 Å². The van der Waals surface area contributed by atoms with Crippen molar-refractivity contribution in [3.8, 4) is 0 Å². The van der Waals surface area contributed by atoms with Crippen LogP contribution in [-0.4, -0.2) is 47.5 Å². The van der Waals surface area contributed by atoms with E-state index in [0.717, 1.165) is 25.3 Å². The molecule has 17 heavy (non-hydrogen) atoms. The topological polar surface area (TPSA) is 32.3 Å². The Kier molecular flexibility index (Phi) is 4.74. The second kappa shape index (κ2) is 6.10. The zero-order chi connectivity index (χ0) is 12.3. The predicted octanol–water partition coefficient (Wildman–Crippen LogP) is 1.73. The third kappa shape index (κ3) is 3.38. The number of nitrogens with zero attached hydrogens (tertiary/aromatic N) is 1. The molecule has 0 aromatic carbocycles. The summed E-state index contributed by atoms with van der Waals surface area (Å²) in [4.78, 5) is 14.4. The van der Waals surface area contributed by atoms with E-state index in [1.54, 1.807) is 0 Å². The Balaban J connectivity index is 1.85. The van der Waals surface area contributed by atoms with Crippen molar-refractivity contribution in [3.63, 3.8) is 0 Å². The maximum Gasteiger partial charge on any atom is 0.224 e. The molecule has 1 amide bonds. The summed E-state index contributed by atoms with van der Waals surface area (Å²) >= 11 is 1.96. The van der Waals surface area contributed by atoms with Crippen LogP contribution < -0.4 is 5.32 Å². The first kappa shape index (κ1) is 13.2. The van der Waals surface area contributed by atoms with E-state index in [1.165, 1.54) is 12.2 Å². The van der Waals surface area contributed by atoms with Crippen molar-refractivity contribution >= 4 is 17.7 Å². The molecule has 0 aromatic rings. The minimum Gasteiger partial charge on any atom is -0.339 e. The number of carbonyl (C=O) groups excluding carboxylic acids is 1. The molecule has 2 aliphatic heterocycles. The lowest BCUT2D eigenvalue weighted by atomic mass is 10.1. The fourth-order valence-electron chi connectivity index (χ4n) is 2.92. The van der Waals surface area contributed by atoms with Gasteiger partial charge >= 0.3 is 0 Å². The Bertz CT molecular complexity index is 266. The minimum absolute atomic E-state index is 0.362. The number of rotatable bonds is 3. The Labute approximate surface area is 109 Å². The van der Waals surface area contributed by atoms with Gasteiger partial charge in [-0.15, -0.1) is 0 Å². The van der Waals surface area contributed by atoms with E-state index in [2.05, 4.69) is 24.1 Å². The van der Waals surface area contributed by atoms with Gasteiger partial charge in [-0.25, -0.2) is 0 Å². The highest BCUT2D eigenvalue weighted by Gasteiger charge is 2.32. The summed E-state index contributed by atoms with van der Waals surface area (Å²) in [6.45, 7) is 6.47. The Hall–Kier alpha value is -0.220. The summed E-state index contributed by atoms with van der Waals surface area (Å²) in [6.07, 6.45) is 2.98. The van der Waals surface area contributed by atoms with Crippen molar-refractivity contribution < 1.29 is 4.79 Å². The van der Waals surface area contributed by atoms with Crippen LogP contribution in [0.1, 0.15) is 33.1 Å². The smallest absolute Gasteiger partial charge is 0.224 e. The van der Waals surface area contributed by atoms with Crippen LogP contribution >= 0.6 is 11.8 Å². The van der Waals surface area contributed by atoms with Crippen LogP contribution in [0.25, 0.3) is 0 Å². The highest BCUT2D eigenvalue weighted by Crippen LogP contribution is 2.26. The van der Waals surface area contributed by atoms with E-state index in [1.807, 2.05) is 11.8 Å². The monoisotopic (exact) mass is 256 g/mol. The highest BCUT2D eigenvalue weighted by molar-refractivity contribution is 7.99. The van der Waals surface area contributed by atoms with Crippen LogP contribution in [0.5, 0.6) is 0 Å². The van der Waals surface area contributed by atoms with Gasteiger partial charge in [0.05, 0.1) is 0 Å². The van der Waals surface area contributed by atoms with E-state index in [9.17, 15) is 4.79 Å². The van der Waals surface area contributed by atoms with Crippen LogP contribution in [0, 0.1) is 5.92 Å². The van der Waals surface area contributed by atoms with Gasteiger partial charge in [-0.2, -0.15) is 11.8 Å². The highest BCUT2D eigenvalue weighted by atomic mass is 32.2. The molecule has 98 valence electrons. The fraction of sp³-hybridized carbons (Fsp3) is 0.923. The van der Waals surface area contributed by atoms with E-state index in [0.29, 0.717) is 30.3 Å². The van der Waals surface area contributed by atoms with Gasteiger partial charge in [0.15, 0.2) is 0 Å². The Morgan fingerprint density at radius 3 is 3.00 bits per heavy atom. The molecular formula is C13H24N2OS. The lowest BCUT2D eigenvalue weighted by molar-refractivity contribution is -0.132. The summed E-state index contributed by atoms with van der Waals surface area (Å²) in [5.74, 6) is 3.31. The quantitative estimate of drug-likeness (QED) is 0.834. The first-order valence-corrected chi connectivity index (χ1v) is 7.96. The molecule has 0 aromatic heterocycles. The van der Waals surface area contributed by atoms with Gasteiger partial charge in [0.2, 0.25) is 5.91 Å². The van der Waals surface area contributed by atoms with Gasteiger partial charge in [-0.05, 0) is 18.8 Å². The number of amides is 1. The molecule has 0 saturated carbocycles. The zero-order valence-electron chi connectivity index (χ0n) is 10.9. The Morgan fingerprint density at radius 1 is 1.53 bits per heavy atom. The van der Waals surface area contributed by atoms with Gasteiger partial charge in [-0.1, -0.05) is 13.8 Å². The number of hydrogen-bond donors (Lipinski definition) is 1. The molecule has 3 unspecified atom stereocenters. The number of thioether (sulfide) groups is 1. The molecule has 0 aliphatic carbocycles. The maximum absolute atomic E-state index is 12.3. The fourth-order valence-corrected chi connectivity index (χ4v) is 3.87. The Morgan fingerprint density at radius 2 is 2.35 bits per heavy atom. The first-order chi connectivity index (χ1) is 8.20. The molecule has 2 heterocycles. The SMILES string of the molecule is CCC1CC(C)CN1C(=O)CC1CSCCN1. The molecule has 3 nitrogen and oxygen atoms in total. The summed E-state index contributed by atoms with van der Waals surface area (Å²) in [5.41, 5.74) is 0. The van der Waals surface area contributed by atoms with Crippen LogP contribution in [0.2, 0.25) is 0 Å². The average Bonchev–Trinajstić information content (AvgIpc) is 2.72. The zero-order valence-corrected chi connectivity index (χ0v) is 11.8. The van der Waals surface area contributed by atoms with Crippen molar-refractivity contribution in [2.45, 2.75) is 45.2 Å². The molecule has 2 saturated heterocycles. The van der Waals surface area contributed by atoms with Gasteiger partial charge < -0.3 is 10.2 Å². The number of carbonyl (C=O) groups is 1. The molecular weight excluding hydrogens is 232 g/mol. The van der Waals surface area contributed by atoms with Crippen LogP contribution in [-0.2, 0) is 4.79 Å². The van der Waals surface area contributed by atoms with Crippen molar-refractivity contribution in [2.75, 3.05) is 24.6 Å². The van der Waals surface area contributed by atoms with Crippen molar-refractivity contribution in [3.05, 3.63) is 0 Å². The second-order valence-electron chi connectivity index (χ2n) is 5.38. The van der Waals surface area contributed by atoms with Gasteiger partial charge in [-0.3, -0.25) is 4.79 Å². The third-order valence-electron chi connectivity index (χ3n) is 3.83. The molecule has 4 heteroatoms. The molecule has 2 rings (SSSR count). The van der Waals surface area contributed by atoms with Crippen molar-refractivity contribution in [1.29, 1.82) is 0 Å². The van der Waals surface area contributed by atoms with Gasteiger partial charge in [0, 0.05) is 43.1 Å². The van der Waals surface area contributed by atoms with Crippen LogP contribution in [0.3, 0.4) is 0 Å². The largest absolute Gasteiger partial charge is 0.339 e. The summed E-state index contributed by atoms with van der Waals surface area (Å²) in [6, 6.07) is 0.892. The lowest BCUT2D eigenvalue weighted by Crippen LogP contribution is -2.43. The summed E-state index contributed by atoms with van der Waals surface area (Å²) < 4.78 is 0. The van der Waals surface area contributed by atoms with Crippen molar-refractivity contribution in [1.82, 2.24) is 10.2 Å². The van der Waals surface area contributed by atoms with Crippen LogP contribution in [0.4, 0.5) is 0 Å². The average molecular weight is 256 g/mol. The van der Waals surface area contributed by atoms with Crippen molar-refractivity contribution in [2.24, 2.45) is 5.92 Å². The maximum atomic E-state index is 12.3. The van der Waals surface area contributed by atoms with Crippen LogP contribution in [0.15, 0.2) is 0 Å². The predicted molar refractivity (Wildman–Crippen MR) is 73.3 cm³/mol. The molecule has 0 radical (unpaired) electrons. The normalized spacial score (nSPS) is 34.0. The van der Waals surface area contributed by atoms with Gasteiger partial charge in [0.25, 0.3) is 0 Å². The summed E-state index contributed by atoms with van der Waals surface area (Å²) in [5, 5.41) is 3.45. The number of likely N-dealkylation sites (tertiary alicyclic amines) is 1. The van der Waals surface area contributed by atoms with Gasteiger partial charge in [0.1, 0.15) is 0 Å². The molecule has 2 aliphatic rings. The second-order valence-corrected chi connectivity index (χ2v) is 6.53. The van der Waals surface area contributed by atoms with E-state index >= 15 is 0 Å². The molecule has 2 fully saturated rings. The third-order valence-corrected chi connectivity index (χ3v) is 4.97. The summed E-state index contributed by atoms with van der Waals surface area (Å²) in [7, 11) is 0.